The summed E-state index contributed by atoms with van der Waals surface area (Å²) in [5.41, 5.74) is 3.02. The lowest BCUT2D eigenvalue weighted by atomic mass is 10.1. The number of nitrogens with one attached hydrogen (secondary N) is 1. The summed E-state index contributed by atoms with van der Waals surface area (Å²) in [6.07, 6.45) is 0. The third-order valence-corrected chi connectivity index (χ3v) is 5.50. The summed E-state index contributed by atoms with van der Waals surface area (Å²) < 4.78 is 6.89. The van der Waals surface area contributed by atoms with E-state index in [0.29, 0.717) is 49.0 Å². The molecule has 0 aliphatic carbocycles. The van der Waals surface area contributed by atoms with Gasteiger partial charge in [-0.15, -0.1) is 5.10 Å². The third-order valence-electron chi connectivity index (χ3n) is 5.50. The Morgan fingerprint density at radius 1 is 1.03 bits per heavy atom. The molecule has 166 valence electrons. The molecule has 4 rings (SSSR count). The lowest BCUT2D eigenvalue weighted by Gasteiger charge is -2.34. The van der Waals surface area contributed by atoms with Crippen molar-refractivity contribution in [3.05, 3.63) is 53.6 Å². The molecule has 0 radical (unpaired) electrons. The number of urea groups is 1. The number of nitrogens with zero attached hydrogens (tertiary/aromatic N) is 6. The van der Waals surface area contributed by atoms with Crippen LogP contribution in [0.3, 0.4) is 0 Å². The molecule has 1 aliphatic rings. The molecule has 0 saturated carbocycles. The van der Waals surface area contributed by atoms with Gasteiger partial charge in [-0.1, -0.05) is 18.2 Å². The number of hydrogen-bond donors (Lipinski definition) is 1. The lowest BCUT2D eigenvalue weighted by Crippen LogP contribution is -2.51. The van der Waals surface area contributed by atoms with Crippen LogP contribution in [0.1, 0.15) is 15.9 Å². The number of carbonyl (C=O) groups excluding carboxylic acids is 2. The summed E-state index contributed by atoms with van der Waals surface area (Å²) in [7, 11) is 3.35. The van der Waals surface area contributed by atoms with E-state index in [1.807, 2.05) is 37.3 Å². The molecule has 0 atom stereocenters. The molecule has 2 heterocycles. The predicted octanol–water partition coefficient (Wildman–Crippen LogP) is 2.18. The van der Waals surface area contributed by atoms with Crippen LogP contribution >= 0.6 is 0 Å². The largest absolute Gasteiger partial charge is 0.496 e. The number of anilines is 1. The first-order chi connectivity index (χ1) is 15.5. The van der Waals surface area contributed by atoms with E-state index in [9.17, 15) is 9.59 Å². The third kappa shape index (κ3) is 4.39. The fraction of sp³-hybridized carbons (Fsp3) is 0.318. The Bertz CT molecular complexity index is 1140. The number of carbonyl (C=O) groups is 2. The second-order valence-corrected chi connectivity index (χ2v) is 7.60. The maximum atomic E-state index is 12.9. The van der Waals surface area contributed by atoms with Gasteiger partial charge in [0, 0.05) is 50.0 Å². The predicted molar refractivity (Wildman–Crippen MR) is 118 cm³/mol. The van der Waals surface area contributed by atoms with Gasteiger partial charge in [0.25, 0.3) is 5.91 Å². The number of rotatable bonds is 4. The minimum atomic E-state index is -0.206. The molecule has 32 heavy (non-hydrogen) atoms. The molecule has 0 bridgehead atoms. The van der Waals surface area contributed by atoms with Gasteiger partial charge in [0.2, 0.25) is 0 Å². The Morgan fingerprint density at radius 3 is 2.47 bits per heavy atom. The van der Waals surface area contributed by atoms with Crippen LogP contribution in [-0.2, 0) is 7.05 Å². The fourth-order valence-corrected chi connectivity index (χ4v) is 3.66. The number of amides is 3. The molecule has 10 nitrogen and oxygen atoms in total. The lowest BCUT2D eigenvalue weighted by molar-refractivity contribution is 0.0671. The van der Waals surface area contributed by atoms with Crippen molar-refractivity contribution in [3.8, 4) is 17.1 Å². The van der Waals surface area contributed by atoms with E-state index in [1.165, 1.54) is 0 Å². The molecular weight excluding hydrogens is 410 g/mol. The summed E-state index contributed by atoms with van der Waals surface area (Å²) in [5.74, 6) is 1.24. The van der Waals surface area contributed by atoms with Gasteiger partial charge in [0.05, 0.1) is 7.11 Å². The standard InChI is InChI=1S/C22H25N7O3/c1-15-7-8-17(14-19(15)32-3)21(30)28-9-11-29(12-10-28)22(31)23-18-6-4-5-16(13-18)20-24-25-26-27(20)2/h4-8,13-14H,9-12H2,1-3H3,(H,23,31). The van der Waals surface area contributed by atoms with Gasteiger partial charge in [-0.05, 0) is 47.2 Å². The molecule has 1 saturated heterocycles. The molecule has 0 spiro atoms. The van der Waals surface area contributed by atoms with E-state index < -0.39 is 0 Å². The summed E-state index contributed by atoms with van der Waals surface area (Å²) in [4.78, 5) is 29.1. The number of benzene rings is 2. The maximum Gasteiger partial charge on any atom is 0.321 e. The van der Waals surface area contributed by atoms with Crippen molar-refractivity contribution >= 4 is 17.6 Å². The molecule has 3 aromatic rings. The van der Waals surface area contributed by atoms with Gasteiger partial charge in [0.1, 0.15) is 5.75 Å². The smallest absolute Gasteiger partial charge is 0.321 e. The van der Waals surface area contributed by atoms with Crippen molar-refractivity contribution in [3.63, 3.8) is 0 Å². The van der Waals surface area contributed by atoms with Crippen molar-refractivity contribution in [2.24, 2.45) is 7.05 Å². The molecule has 1 fully saturated rings. The van der Waals surface area contributed by atoms with Gasteiger partial charge in [-0.3, -0.25) is 4.79 Å². The summed E-state index contributed by atoms with van der Waals surface area (Å²) in [6, 6.07) is 12.6. The number of tetrazole rings is 1. The van der Waals surface area contributed by atoms with E-state index in [4.69, 9.17) is 4.74 Å². The first-order valence-electron chi connectivity index (χ1n) is 10.3. The molecular formula is C22H25N7O3. The molecule has 10 heteroatoms. The van der Waals surface area contributed by atoms with Crippen LogP contribution in [0.15, 0.2) is 42.5 Å². The first kappa shape index (κ1) is 21.3. The minimum Gasteiger partial charge on any atom is -0.496 e. The quantitative estimate of drug-likeness (QED) is 0.673. The number of hydrogen-bond acceptors (Lipinski definition) is 6. The first-order valence-corrected chi connectivity index (χ1v) is 10.3. The van der Waals surface area contributed by atoms with Crippen LogP contribution in [0.25, 0.3) is 11.4 Å². The van der Waals surface area contributed by atoms with Gasteiger partial charge in [-0.2, -0.15) is 0 Å². The highest BCUT2D eigenvalue weighted by Gasteiger charge is 2.25. The van der Waals surface area contributed by atoms with Gasteiger partial charge in [0.15, 0.2) is 5.82 Å². The minimum absolute atomic E-state index is 0.0617. The Morgan fingerprint density at radius 2 is 1.78 bits per heavy atom. The monoisotopic (exact) mass is 435 g/mol. The molecule has 1 aromatic heterocycles. The SMILES string of the molecule is COc1cc(C(=O)N2CCN(C(=O)Nc3cccc(-c4nnnn4C)c3)CC2)ccc1C. The van der Waals surface area contributed by atoms with E-state index in [1.54, 1.807) is 40.8 Å². The number of aromatic nitrogens is 4. The zero-order valence-corrected chi connectivity index (χ0v) is 18.3. The Labute approximate surface area is 185 Å². The molecule has 1 aliphatic heterocycles. The van der Waals surface area contributed by atoms with Crippen LogP contribution in [-0.4, -0.2) is 75.2 Å². The Kier molecular flexibility index (Phi) is 6.02. The zero-order valence-electron chi connectivity index (χ0n) is 18.3. The molecule has 2 aromatic carbocycles. The summed E-state index contributed by atoms with van der Waals surface area (Å²) >= 11 is 0. The molecule has 1 N–H and O–H groups in total. The Balaban J connectivity index is 1.36. The van der Waals surface area contributed by atoms with Crippen LogP contribution in [0.2, 0.25) is 0 Å². The van der Waals surface area contributed by atoms with Crippen molar-refractivity contribution in [1.82, 2.24) is 30.0 Å². The van der Waals surface area contributed by atoms with E-state index in [-0.39, 0.29) is 11.9 Å². The van der Waals surface area contributed by atoms with E-state index in [0.717, 1.165) is 11.1 Å². The van der Waals surface area contributed by atoms with Crippen LogP contribution in [0.5, 0.6) is 5.75 Å². The van der Waals surface area contributed by atoms with Crippen molar-refractivity contribution in [1.29, 1.82) is 0 Å². The number of piperazine rings is 1. The Hall–Kier alpha value is -3.95. The van der Waals surface area contributed by atoms with Gasteiger partial charge < -0.3 is 19.9 Å². The average molecular weight is 435 g/mol. The van der Waals surface area contributed by atoms with Crippen molar-refractivity contribution < 1.29 is 14.3 Å². The normalized spacial score (nSPS) is 13.7. The highest BCUT2D eigenvalue weighted by atomic mass is 16.5. The summed E-state index contributed by atoms with van der Waals surface area (Å²) in [5, 5.41) is 14.4. The highest BCUT2D eigenvalue weighted by Crippen LogP contribution is 2.22. The molecule has 3 amide bonds. The van der Waals surface area contributed by atoms with Crippen molar-refractivity contribution in [2.75, 3.05) is 38.6 Å². The van der Waals surface area contributed by atoms with Gasteiger partial charge in [-0.25, -0.2) is 9.48 Å². The maximum absolute atomic E-state index is 12.9. The molecule has 0 unspecified atom stereocenters. The van der Waals surface area contributed by atoms with Gasteiger partial charge >= 0.3 is 6.03 Å². The summed E-state index contributed by atoms with van der Waals surface area (Å²) in [6.45, 7) is 3.77. The number of ether oxygens (including phenoxy) is 1. The number of aryl methyl sites for hydroxylation is 2. The van der Waals surface area contributed by atoms with Crippen LogP contribution in [0, 0.1) is 6.92 Å². The second kappa shape index (κ2) is 9.04. The topological polar surface area (TPSA) is 105 Å². The average Bonchev–Trinajstić information content (AvgIpc) is 3.25. The van der Waals surface area contributed by atoms with E-state index >= 15 is 0 Å². The van der Waals surface area contributed by atoms with E-state index in [2.05, 4.69) is 20.8 Å². The van der Waals surface area contributed by atoms with Crippen LogP contribution < -0.4 is 10.1 Å². The zero-order chi connectivity index (χ0) is 22.7. The fourth-order valence-electron chi connectivity index (χ4n) is 3.66. The second-order valence-electron chi connectivity index (χ2n) is 7.60. The highest BCUT2D eigenvalue weighted by molar-refractivity contribution is 5.95. The van der Waals surface area contributed by atoms with Crippen molar-refractivity contribution in [2.45, 2.75) is 6.92 Å². The van der Waals surface area contributed by atoms with Crippen LogP contribution in [0.4, 0.5) is 10.5 Å². The number of methoxy groups -OCH3 is 1.